The zero-order chi connectivity index (χ0) is 23.4. The summed E-state index contributed by atoms with van der Waals surface area (Å²) in [4.78, 5) is 25.5. The molecule has 170 valence electrons. The smallest absolute Gasteiger partial charge is 0.267 e. The molecule has 0 amide bonds. The lowest BCUT2D eigenvalue weighted by Gasteiger charge is -2.12. The number of benzene rings is 1. The summed E-state index contributed by atoms with van der Waals surface area (Å²) in [5, 5.41) is 7.64. The van der Waals surface area contributed by atoms with Crippen molar-refractivity contribution in [3.8, 4) is 16.5 Å². The second-order valence-electron chi connectivity index (χ2n) is 7.64. The van der Waals surface area contributed by atoms with E-state index in [1.54, 1.807) is 36.5 Å². The van der Waals surface area contributed by atoms with Gasteiger partial charge in [0.15, 0.2) is 5.82 Å². The first-order valence-electron chi connectivity index (χ1n) is 10.3. The van der Waals surface area contributed by atoms with Gasteiger partial charge >= 0.3 is 0 Å². The number of hydrogen-bond acceptors (Lipinski definition) is 7. The Morgan fingerprint density at radius 2 is 2.00 bits per heavy atom. The first kappa shape index (κ1) is 23.4. The molecule has 0 radical (unpaired) electrons. The number of halogens is 2. The number of aromatic nitrogens is 3. The molecule has 0 aliphatic rings. The lowest BCUT2D eigenvalue weighted by atomic mass is 10.2. The highest BCUT2D eigenvalue weighted by atomic mass is 35.5. The number of rotatable bonds is 8. The largest absolute Gasteiger partial charge is 0.310 e. The molecule has 0 spiro atoms. The fraction of sp³-hybridized carbons (Fsp3) is 0.217. The second kappa shape index (κ2) is 10.4. The summed E-state index contributed by atoms with van der Waals surface area (Å²) < 4.78 is 1.49. The van der Waals surface area contributed by atoms with Gasteiger partial charge < -0.3 is 10.3 Å². The van der Waals surface area contributed by atoms with E-state index in [1.165, 1.54) is 22.1 Å². The van der Waals surface area contributed by atoms with Gasteiger partial charge in [0.25, 0.3) is 5.56 Å². The summed E-state index contributed by atoms with van der Waals surface area (Å²) in [7, 11) is 4.09. The third kappa shape index (κ3) is 5.59. The first-order valence-corrected chi connectivity index (χ1v) is 11.9. The van der Waals surface area contributed by atoms with Crippen LogP contribution in [0.25, 0.3) is 27.4 Å². The van der Waals surface area contributed by atoms with Crippen LogP contribution in [0.5, 0.6) is 0 Å². The average Bonchev–Trinajstić information content (AvgIpc) is 3.26. The maximum Gasteiger partial charge on any atom is 0.267 e. The topological polar surface area (TPSA) is 75.4 Å². The number of hydrogen-bond donors (Lipinski definition) is 1. The molecular formula is C23H22Cl2N6OS. The van der Waals surface area contributed by atoms with Crippen LogP contribution in [0.15, 0.2) is 57.9 Å². The number of nitrogens with zero attached hydrogens (tertiary/aromatic N) is 5. The number of nitrogens with one attached hydrogen (secondary N) is 1. The van der Waals surface area contributed by atoms with Crippen molar-refractivity contribution in [1.82, 2.24) is 24.9 Å². The maximum atomic E-state index is 13.4. The van der Waals surface area contributed by atoms with Crippen LogP contribution >= 0.6 is 34.5 Å². The Kier molecular flexibility index (Phi) is 7.39. The van der Waals surface area contributed by atoms with Gasteiger partial charge in [0.05, 0.1) is 27.0 Å². The van der Waals surface area contributed by atoms with E-state index in [9.17, 15) is 4.79 Å². The summed E-state index contributed by atoms with van der Waals surface area (Å²) >= 11 is 13.6. The molecule has 4 rings (SSSR count). The average molecular weight is 501 g/mol. The van der Waals surface area contributed by atoms with E-state index < -0.39 is 0 Å². The van der Waals surface area contributed by atoms with Crippen molar-refractivity contribution in [3.05, 3.63) is 73.9 Å². The minimum absolute atomic E-state index is 0.251. The van der Waals surface area contributed by atoms with Gasteiger partial charge in [-0.3, -0.25) is 4.79 Å². The number of fused-ring (bicyclic) bond motifs is 1. The Hall–Kier alpha value is -2.78. The van der Waals surface area contributed by atoms with E-state index in [4.69, 9.17) is 28.2 Å². The molecule has 1 aromatic carbocycles. The summed E-state index contributed by atoms with van der Waals surface area (Å²) in [6.45, 7) is 1.79. The zero-order valence-corrected chi connectivity index (χ0v) is 20.5. The summed E-state index contributed by atoms with van der Waals surface area (Å²) in [5.74, 6) is 0.924. The van der Waals surface area contributed by atoms with Crippen molar-refractivity contribution in [1.29, 1.82) is 0 Å². The monoisotopic (exact) mass is 500 g/mol. The third-order valence-corrected chi connectivity index (χ3v) is 6.21. The highest BCUT2D eigenvalue weighted by molar-refractivity contribution is 7.13. The van der Waals surface area contributed by atoms with Gasteiger partial charge in [-0.1, -0.05) is 23.2 Å². The molecule has 3 heterocycles. The number of hydrazone groups is 1. The summed E-state index contributed by atoms with van der Waals surface area (Å²) in [6, 6.07) is 10.4. The molecule has 3 aromatic heterocycles. The Morgan fingerprint density at radius 1 is 1.18 bits per heavy atom. The normalized spacial score (nSPS) is 11.7. The van der Waals surface area contributed by atoms with E-state index in [2.05, 4.69) is 20.4 Å². The SMILES string of the molecule is CN(C)CCCN/N=C/c1csc(-c2nc3ccc(Cl)cc3c(=O)n2-c2ccc(Cl)cn2)c1. The van der Waals surface area contributed by atoms with Crippen LogP contribution < -0.4 is 11.0 Å². The molecule has 0 bridgehead atoms. The molecule has 10 heteroatoms. The Labute approximate surface area is 205 Å². The van der Waals surface area contributed by atoms with E-state index >= 15 is 0 Å². The van der Waals surface area contributed by atoms with E-state index in [0.717, 1.165) is 30.0 Å². The van der Waals surface area contributed by atoms with Gasteiger partial charge in [-0.15, -0.1) is 11.3 Å². The van der Waals surface area contributed by atoms with Gasteiger partial charge in [-0.2, -0.15) is 5.10 Å². The molecule has 0 atom stereocenters. The van der Waals surface area contributed by atoms with Crippen LogP contribution in [-0.2, 0) is 0 Å². The number of thiophene rings is 1. The predicted molar refractivity (Wildman–Crippen MR) is 137 cm³/mol. The molecule has 4 aromatic rings. The Morgan fingerprint density at radius 3 is 2.76 bits per heavy atom. The van der Waals surface area contributed by atoms with E-state index in [1.807, 2.05) is 25.5 Å². The van der Waals surface area contributed by atoms with Crippen LogP contribution in [0.1, 0.15) is 12.0 Å². The highest BCUT2D eigenvalue weighted by Crippen LogP contribution is 2.28. The van der Waals surface area contributed by atoms with Gasteiger partial charge in [0.1, 0.15) is 5.82 Å². The van der Waals surface area contributed by atoms with Gasteiger partial charge in [0.2, 0.25) is 0 Å². The van der Waals surface area contributed by atoms with Crippen LogP contribution in [0.2, 0.25) is 10.0 Å². The Balaban J connectivity index is 1.70. The van der Waals surface area contributed by atoms with Crippen molar-refractivity contribution in [3.63, 3.8) is 0 Å². The molecule has 7 nitrogen and oxygen atoms in total. The molecule has 1 N–H and O–H groups in total. The van der Waals surface area contributed by atoms with Crippen LogP contribution in [0.3, 0.4) is 0 Å². The molecule has 0 unspecified atom stereocenters. The fourth-order valence-corrected chi connectivity index (χ4v) is 4.35. The summed E-state index contributed by atoms with van der Waals surface area (Å²) in [5.41, 5.74) is 4.29. The van der Waals surface area contributed by atoms with Gasteiger partial charge in [0, 0.05) is 28.7 Å². The molecular weight excluding hydrogens is 479 g/mol. The lowest BCUT2D eigenvalue weighted by Crippen LogP contribution is -2.22. The first-order chi connectivity index (χ1) is 15.9. The van der Waals surface area contributed by atoms with Gasteiger partial charge in [-0.25, -0.2) is 14.5 Å². The van der Waals surface area contributed by atoms with Crippen LogP contribution in [0, 0.1) is 0 Å². The second-order valence-corrected chi connectivity index (χ2v) is 9.42. The van der Waals surface area contributed by atoms with Crippen molar-refractivity contribution in [2.75, 3.05) is 27.2 Å². The van der Waals surface area contributed by atoms with Crippen molar-refractivity contribution in [2.24, 2.45) is 5.10 Å². The molecule has 33 heavy (non-hydrogen) atoms. The molecule has 0 aliphatic heterocycles. The zero-order valence-electron chi connectivity index (χ0n) is 18.1. The van der Waals surface area contributed by atoms with Crippen LogP contribution in [-0.4, -0.2) is 52.8 Å². The molecule has 0 aliphatic carbocycles. The summed E-state index contributed by atoms with van der Waals surface area (Å²) in [6.07, 6.45) is 4.27. The highest BCUT2D eigenvalue weighted by Gasteiger charge is 2.17. The minimum atomic E-state index is -0.251. The Bertz CT molecular complexity index is 1350. The van der Waals surface area contributed by atoms with Crippen molar-refractivity contribution < 1.29 is 0 Å². The molecule has 0 fully saturated rings. The lowest BCUT2D eigenvalue weighted by molar-refractivity contribution is 0.396. The molecule has 0 saturated carbocycles. The standard InChI is InChI=1S/C23H22Cl2N6OS/c1-30(2)9-3-8-27-28-12-15-10-20(33-14-15)22-29-19-6-4-16(24)11-18(19)23(32)31(22)21-7-5-17(25)13-26-21/h4-7,10-14,27H,3,8-9H2,1-2H3/b28-12+. The number of pyridine rings is 1. The van der Waals surface area contributed by atoms with Crippen molar-refractivity contribution >= 4 is 51.7 Å². The predicted octanol–water partition coefficient (Wildman–Crippen LogP) is 4.69. The van der Waals surface area contributed by atoms with E-state index in [0.29, 0.717) is 32.6 Å². The fourth-order valence-electron chi connectivity index (χ4n) is 3.23. The quantitative estimate of drug-likeness (QED) is 0.215. The third-order valence-electron chi connectivity index (χ3n) is 4.81. The molecule has 0 saturated heterocycles. The van der Waals surface area contributed by atoms with E-state index in [-0.39, 0.29) is 5.56 Å². The van der Waals surface area contributed by atoms with Crippen molar-refractivity contribution in [2.45, 2.75) is 6.42 Å². The minimum Gasteiger partial charge on any atom is -0.310 e. The van der Waals surface area contributed by atoms with Gasteiger partial charge in [-0.05, 0) is 63.5 Å². The maximum absolute atomic E-state index is 13.4. The van der Waals surface area contributed by atoms with Crippen LogP contribution in [0.4, 0.5) is 0 Å².